The second kappa shape index (κ2) is 8.72. The smallest absolute Gasteiger partial charge is 0.352 e. The number of anilines is 1. The molecule has 1 aromatic rings. The first-order chi connectivity index (χ1) is 15.7. The van der Waals surface area contributed by atoms with E-state index in [0.29, 0.717) is 12.6 Å². The molecule has 9 heteroatoms. The molecule has 0 aromatic heterocycles. The first-order valence-electron chi connectivity index (χ1n) is 11.5. The van der Waals surface area contributed by atoms with Crippen molar-refractivity contribution in [3.05, 3.63) is 24.3 Å². The number of para-hydroxylation sites is 2. The molecule has 3 amide bonds. The number of urea groups is 1. The van der Waals surface area contributed by atoms with E-state index in [1.54, 1.807) is 6.21 Å². The number of fused-ring (bicyclic) bond motifs is 1. The van der Waals surface area contributed by atoms with Crippen LogP contribution in [0.3, 0.4) is 0 Å². The number of carbonyl (C=O) groups excluding carboxylic acids is 2. The number of ether oxygens (including phenoxy) is 1. The number of nitrogens with zero attached hydrogens (tertiary/aromatic N) is 6. The molecule has 3 heterocycles. The Kier molecular flexibility index (Phi) is 5.63. The van der Waals surface area contributed by atoms with E-state index in [2.05, 4.69) is 30.8 Å². The summed E-state index contributed by atoms with van der Waals surface area (Å²) < 4.78 is 5.77. The summed E-state index contributed by atoms with van der Waals surface area (Å²) in [6, 6.07) is 7.55. The number of carbonyl (C=O) groups is 2. The number of benzene rings is 1. The lowest BCUT2D eigenvalue weighted by Crippen LogP contribution is -2.53. The minimum Gasteiger partial charge on any atom is -0.492 e. The number of amides is 3. The zero-order chi connectivity index (χ0) is 22.1. The lowest BCUT2D eigenvalue weighted by molar-refractivity contribution is -0.130. The minimum atomic E-state index is -0.656. The van der Waals surface area contributed by atoms with Gasteiger partial charge in [0.2, 0.25) is 11.9 Å². The van der Waals surface area contributed by atoms with Crippen molar-refractivity contribution in [2.45, 2.75) is 38.6 Å². The maximum absolute atomic E-state index is 13.0. The third-order valence-electron chi connectivity index (χ3n) is 6.51. The van der Waals surface area contributed by atoms with E-state index in [1.807, 2.05) is 25.1 Å². The predicted molar refractivity (Wildman–Crippen MR) is 123 cm³/mol. The van der Waals surface area contributed by atoms with Gasteiger partial charge >= 0.3 is 6.03 Å². The summed E-state index contributed by atoms with van der Waals surface area (Å²) in [5.74, 6) is 0.781. The van der Waals surface area contributed by atoms with Gasteiger partial charge in [0.1, 0.15) is 11.7 Å². The molecule has 1 atom stereocenters. The third kappa shape index (κ3) is 3.76. The Labute approximate surface area is 187 Å². The molecule has 0 spiro atoms. The van der Waals surface area contributed by atoms with Crippen molar-refractivity contribution in [2.75, 3.05) is 37.7 Å². The molecule has 1 unspecified atom stereocenters. The average Bonchev–Trinajstić information content (AvgIpc) is 3.34. The Morgan fingerprint density at radius 2 is 1.72 bits per heavy atom. The van der Waals surface area contributed by atoms with Crippen LogP contribution in [0.4, 0.5) is 10.5 Å². The summed E-state index contributed by atoms with van der Waals surface area (Å²) in [4.78, 5) is 44.4. The van der Waals surface area contributed by atoms with Gasteiger partial charge in [0, 0.05) is 38.4 Å². The quantitative estimate of drug-likeness (QED) is 0.724. The molecule has 4 aliphatic rings. The molecule has 5 rings (SSSR count). The van der Waals surface area contributed by atoms with Crippen LogP contribution in [0, 0.1) is 5.92 Å². The first-order valence-corrected chi connectivity index (χ1v) is 11.5. The topological polar surface area (TPSA) is 90.2 Å². The minimum absolute atomic E-state index is 0.0354. The summed E-state index contributed by atoms with van der Waals surface area (Å²) in [7, 11) is 0. The van der Waals surface area contributed by atoms with Gasteiger partial charge in [-0.3, -0.25) is 9.69 Å². The average molecular weight is 437 g/mol. The van der Waals surface area contributed by atoms with Crippen LogP contribution >= 0.6 is 0 Å². The van der Waals surface area contributed by atoms with Gasteiger partial charge in [0.25, 0.3) is 0 Å². The van der Waals surface area contributed by atoms with Gasteiger partial charge in [-0.2, -0.15) is 9.98 Å². The van der Waals surface area contributed by atoms with Crippen molar-refractivity contribution >= 4 is 35.6 Å². The Hall–Kier alpha value is -3.23. The van der Waals surface area contributed by atoms with Crippen LogP contribution < -0.4 is 9.64 Å². The van der Waals surface area contributed by atoms with Gasteiger partial charge < -0.3 is 14.5 Å². The highest BCUT2D eigenvalue weighted by Gasteiger charge is 2.42. The molecule has 0 bridgehead atoms. The van der Waals surface area contributed by atoms with Crippen molar-refractivity contribution in [1.29, 1.82) is 0 Å². The van der Waals surface area contributed by atoms with Gasteiger partial charge in [-0.25, -0.2) is 9.79 Å². The Bertz CT molecular complexity index is 989. The van der Waals surface area contributed by atoms with Crippen LogP contribution in [-0.4, -0.2) is 78.6 Å². The molecular formula is C23H28N6O3. The van der Waals surface area contributed by atoms with Crippen LogP contribution in [0.5, 0.6) is 5.75 Å². The highest BCUT2D eigenvalue weighted by molar-refractivity contribution is 6.27. The van der Waals surface area contributed by atoms with Gasteiger partial charge in [0.05, 0.1) is 12.3 Å². The Morgan fingerprint density at radius 1 is 1.00 bits per heavy atom. The Balaban J connectivity index is 1.28. The van der Waals surface area contributed by atoms with Gasteiger partial charge in [-0.1, -0.05) is 25.0 Å². The first kappa shape index (κ1) is 20.7. The summed E-state index contributed by atoms with van der Waals surface area (Å²) >= 11 is 0. The van der Waals surface area contributed by atoms with E-state index < -0.39 is 11.9 Å². The fraction of sp³-hybridized carbons (Fsp3) is 0.522. The van der Waals surface area contributed by atoms with Crippen LogP contribution in [0.2, 0.25) is 0 Å². The normalized spacial score (nSPS) is 23.9. The van der Waals surface area contributed by atoms with Crippen LogP contribution in [0.25, 0.3) is 0 Å². The molecule has 3 aliphatic heterocycles. The van der Waals surface area contributed by atoms with Crippen LogP contribution in [-0.2, 0) is 4.79 Å². The number of hydrogen-bond acceptors (Lipinski definition) is 7. The maximum atomic E-state index is 13.0. The molecule has 32 heavy (non-hydrogen) atoms. The second-order valence-corrected chi connectivity index (χ2v) is 8.44. The van der Waals surface area contributed by atoms with Crippen molar-refractivity contribution in [1.82, 2.24) is 9.80 Å². The third-order valence-corrected chi connectivity index (χ3v) is 6.51. The molecule has 1 aromatic carbocycles. The second-order valence-electron chi connectivity index (χ2n) is 8.44. The van der Waals surface area contributed by atoms with E-state index >= 15 is 0 Å². The monoisotopic (exact) mass is 436 g/mol. The highest BCUT2D eigenvalue weighted by atomic mass is 16.5. The summed E-state index contributed by atoms with van der Waals surface area (Å²) in [5.41, 5.74) is 1.09. The fourth-order valence-corrected chi connectivity index (χ4v) is 4.87. The van der Waals surface area contributed by atoms with E-state index in [-0.39, 0.29) is 17.8 Å². The molecule has 1 saturated carbocycles. The Morgan fingerprint density at radius 3 is 2.47 bits per heavy atom. The van der Waals surface area contributed by atoms with Crippen molar-refractivity contribution in [3.63, 3.8) is 0 Å². The van der Waals surface area contributed by atoms with Crippen molar-refractivity contribution < 1.29 is 14.3 Å². The fourth-order valence-electron chi connectivity index (χ4n) is 4.87. The van der Waals surface area contributed by atoms with E-state index in [0.717, 1.165) is 63.3 Å². The van der Waals surface area contributed by atoms with Gasteiger partial charge in [0.15, 0.2) is 5.84 Å². The number of imide groups is 1. The maximum Gasteiger partial charge on any atom is 0.352 e. The summed E-state index contributed by atoms with van der Waals surface area (Å²) in [6.07, 6.45) is 5.41. The van der Waals surface area contributed by atoms with E-state index in [1.165, 1.54) is 4.90 Å². The van der Waals surface area contributed by atoms with Crippen molar-refractivity contribution in [2.24, 2.45) is 20.9 Å². The molecular weight excluding hydrogens is 408 g/mol. The molecule has 168 valence electrons. The molecule has 2 fully saturated rings. The molecule has 0 N–H and O–H groups in total. The molecule has 0 radical (unpaired) electrons. The lowest BCUT2D eigenvalue weighted by atomic mass is 10.0. The predicted octanol–water partition coefficient (Wildman–Crippen LogP) is 2.57. The number of piperazine rings is 1. The van der Waals surface area contributed by atoms with Crippen LogP contribution in [0.1, 0.15) is 32.6 Å². The van der Waals surface area contributed by atoms with Gasteiger partial charge in [-0.05, 0) is 31.9 Å². The zero-order valence-electron chi connectivity index (χ0n) is 18.3. The summed E-state index contributed by atoms with van der Waals surface area (Å²) in [6.45, 7) is 5.65. The molecule has 9 nitrogen and oxygen atoms in total. The van der Waals surface area contributed by atoms with Crippen molar-refractivity contribution in [3.8, 4) is 5.75 Å². The SMILES string of the molecule is CCOc1ccccc1N1CCN(C2=NC3=NC(=O)N(C4CCCC4)C(=O)C3C=N2)CC1. The lowest BCUT2D eigenvalue weighted by Gasteiger charge is -2.38. The largest absolute Gasteiger partial charge is 0.492 e. The zero-order valence-corrected chi connectivity index (χ0v) is 18.3. The number of hydrogen-bond donors (Lipinski definition) is 0. The van der Waals surface area contributed by atoms with E-state index in [4.69, 9.17) is 4.74 Å². The van der Waals surface area contributed by atoms with Gasteiger partial charge in [-0.15, -0.1) is 0 Å². The standard InChI is InChI=1S/C23H28N6O3/c1-2-32-19-10-6-5-9-18(19)27-11-13-28(14-12-27)22-24-15-17-20(25-22)26-23(31)29(21(17)30)16-7-3-4-8-16/h5-6,9-10,15-17H,2-4,7-8,11-14H2,1H3. The molecule has 1 aliphatic carbocycles. The number of rotatable bonds is 4. The summed E-state index contributed by atoms with van der Waals surface area (Å²) in [5, 5.41) is 0. The van der Waals surface area contributed by atoms with Crippen LogP contribution in [0.15, 0.2) is 39.2 Å². The van der Waals surface area contributed by atoms with E-state index in [9.17, 15) is 9.59 Å². The highest BCUT2D eigenvalue weighted by Crippen LogP contribution is 2.30. The molecule has 1 saturated heterocycles. The number of guanidine groups is 1. The number of aliphatic imine (C=N–C) groups is 3. The number of amidine groups is 1.